The smallest absolute Gasteiger partial charge is 0.404 e. The molecule has 1 N–H and O–H groups in total. The molecular weight excluding hydrogens is 236 g/mol. The minimum Gasteiger partial charge on any atom is -0.404 e. The van der Waals surface area contributed by atoms with Crippen LogP contribution in [0.2, 0.25) is 0 Å². The van der Waals surface area contributed by atoms with Crippen molar-refractivity contribution < 1.29 is 14.1 Å². The topological polar surface area (TPSA) is 77.5 Å². The molecule has 1 rings (SSSR count). The largest absolute Gasteiger partial charge is 0.433 e. The Balaban J connectivity index is 2.05. The Morgan fingerprint density at radius 1 is 1.44 bits per heavy atom. The minimum absolute atomic E-state index is 0.222. The van der Waals surface area contributed by atoms with E-state index in [1.807, 2.05) is 0 Å². The lowest BCUT2D eigenvalue weighted by Gasteiger charge is -2.06. The molecule has 0 aliphatic heterocycles. The van der Waals surface area contributed by atoms with E-state index in [2.05, 4.69) is 19.2 Å². The summed E-state index contributed by atoms with van der Waals surface area (Å²) < 4.78 is 10.4. The van der Waals surface area contributed by atoms with Gasteiger partial charge in [-0.15, -0.1) is 0 Å². The molecule has 0 saturated carbocycles. The Morgan fingerprint density at radius 3 is 2.83 bits per heavy atom. The lowest BCUT2D eigenvalue weighted by molar-refractivity contribution is -0.402. The third-order valence-electron chi connectivity index (χ3n) is 2.39. The molecule has 18 heavy (non-hydrogen) atoms. The highest BCUT2D eigenvalue weighted by molar-refractivity contribution is 5.17. The number of hydrogen-bond acceptors (Lipinski definition) is 5. The first-order valence-electron chi connectivity index (χ1n) is 6.11. The molecule has 0 aliphatic rings. The van der Waals surface area contributed by atoms with Crippen LogP contribution in [0.5, 0.6) is 0 Å². The van der Waals surface area contributed by atoms with Gasteiger partial charge in [-0.2, -0.15) is 0 Å². The maximum absolute atomic E-state index is 10.4. The molecular formula is C12H20N2O4. The van der Waals surface area contributed by atoms with E-state index < -0.39 is 4.92 Å². The van der Waals surface area contributed by atoms with Crippen LogP contribution in [0.3, 0.4) is 0 Å². The Morgan fingerprint density at radius 2 is 2.22 bits per heavy atom. The summed E-state index contributed by atoms with van der Waals surface area (Å²) in [5, 5.41) is 13.5. The first kappa shape index (κ1) is 14.7. The third-order valence-corrected chi connectivity index (χ3v) is 2.39. The Bertz CT molecular complexity index is 363. The molecule has 0 aliphatic carbocycles. The number of nitro groups is 1. The molecule has 0 amide bonds. The number of rotatable bonds is 9. The number of nitrogens with one attached hydrogen (secondary N) is 1. The van der Waals surface area contributed by atoms with Crippen molar-refractivity contribution in [2.24, 2.45) is 5.92 Å². The van der Waals surface area contributed by atoms with Crippen LogP contribution >= 0.6 is 0 Å². The summed E-state index contributed by atoms with van der Waals surface area (Å²) in [4.78, 5) is 9.85. The molecule has 1 aromatic rings. The average Bonchev–Trinajstić information content (AvgIpc) is 2.76. The first-order chi connectivity index (χ1) is 8.59. The van der Waals surface area contributed by atoms with E-state index in [0.29, 0.717) is 31.4 Å². The first-order valence-corrected chi connectivity index (χ1v) is 6.11. The van der Waals surface area contributed by atoms with Gasteiger partial charge in [-0.1, -0.05) is 13.8 Å². The summed E-state index contributed by atoms with van der Waals surface area (Å²) in [7, 11) is 0. The van der Waals surface area contributed by atoms with Crippen molar-refractivity contribution in [3.63, 3.8) is 0 Å². The van der Waals surface area contributed by atoms with Crippen LogP contribution in [-0.2, 0) is 11.3 Å². The van der Waals surface area contributed by atoms with Crippen molar-refractivity contribution in [3.8, 4) is 0 Å². The second kappa shape index (κ2) is 7.84. The molecule has 0 spiro atoms. The van der Waals surface area contributed by atoms with Gasteiger partial charge >= 0.3 is 5.88 Å². The molecule has 0 atom stereocenters. The van der Waals surface area contributed by atoms with E-state index >= 15 is 0 Å². The third kappa shape index (κ3) is 5.79. The zero-order chi connectivity index (χ0) is 13.4. The highest BCUT2D eigenvalue weighted by Crippen LogP contribution is 2.14. The molecule has 1 aromatic heterocycles. The molecule has 0 radical (unpaired) electrons. The predicted octanol–water partition coefficient (Wildman–Crippen LogP) is 2.34. The highest BCUT2D eigenvalue weighted by Gasteiger charge is 2.10. The van der Waals surface area contributed by atoms with Crippen LogP contribution in [0.25, 0.3) is 0 Å². The highest BCUT2D eigenvalue weighted by atomic mass is 16.6. The van der Waals surface area contributed by atoms with Crippen molar-refractivity contribution in [2.45, 2.75) is 26.8 Å². The van der Waals surface area contributed by atoms with E-state index in [1.54, 1.807) is 6.07 Å². The zero-order valence-corrected chi connectivity index (χ0v) is 10.8. The molecule has 0 fully saturated rings. The van der Waals surface area contributed by atoms with Crippen LogP contribution in [0, 0.1) is 16.0 Å². The van der Waals surface area contributed by atoms with Crippen molar-refractivity contribution >= 4 is 5.88 Å². The second-order valence-corrected chi connectivity index (χ2v) is 4.47. The summed E-state index contributed by atoms with van der Waals surface area (Å²) >= 11 is 0. The Hall–Kier alpha value is -1.40. The van der Waals surface area contributed by atoms with Gasteiger partial charge in [-0.05, 0) is 18.4 Å². The number of ether oxygens (including phenoxy) is 1. The van der Waals surface area contributed by atoms with Gasteiger partial charge < -0.3 is 14.5 Å². The van der Waals surface area contributed by atoms with E-state index in [0.717, 1.165) is 13.0 Å². The fourth-order valence-corrected chi connectivity index (χ4v) is 1.34. The molecule has 0 aromatic carbocycles. The van der Waals surface area contributed by atoms with Gasteiger partial charge in [0.15, 0.2) is 0 Å². The summed E-state index contributed by atoms with van der Waals surface area (Å²) in [6.07, 6.45) is 1.06. The van der Waals surface area contributed by atoms with Gasteiger partial charge in [0.25, 0.3) is 0 Å². The van der Waals surface area contributed by atoms with Crippen molar-refractivity contribution in [1.82, 2.24) is 5.32 Å². The zero-order valence-electron chi connectivity index (χ0n) is 10.8. The van der Waals surface area contributed by atoms with Crippen LogP contribution < -0.4 is 5.32 Å². The second-order valence-electron chi connectivity index (χ2n) is 4.47. The Labute approximate surface area is 106 Å². The molecule has 0 unspecified atom stereocenters. The summed E-state index contributed by atoms with van der Waals surface area (Å²) in [5.74, 6) is 0.991. The lowest BCUT2D eigenvalue weighted by atomic mass is 10.1. The van der Waals surface area contributed by atoms with Gasteiger partial charge in [0, 0.05) is 13.2 Å². The van der Waals surface area contributed by atoms with Crippen molar-refractivity contribution in [2.75, 3.05) is 19.8 Å². The van der Waals surface area contributed by atoms with E-state index in [-0.39, 0.29) is 5.88 Å². The van der Waals surface area contributed by atoms with Crippen molar-refractivity contribution in [1.29, 1.82) is 0 Å². The number of hydrogen-bond donors (Lipinski definition) is 1. The summed E-state index contributed by atoms with van der Waals surface area (Å²) in [5.41, 5.74) is 0. The molecule has 6 nitrogen and oxygen atoms in total. The van der Waals surface area contributed by atoms with E-state index in [1.165, 1.54) is 6.07 Å². The van der Waals surface area contributed by atoms with Crippen LogP contribution in [-0.4, -0.2) is 24.7 Å². The SMILES string of the molecule is CC(C)CCOCCNCc1ccc([N+](=O)[O-])o1. The standard InChI is InChI=1S/C12H20N2O4/c1-10(2)5-7-17-8-6-13-9-11-3-4-12(18-11)14(15)16/h3-4,10,13H,5-9H2,1-2H3. The van der Waals surface area contributed by atoms with Gasteiger partial charge in [-0.3, -0.25) is 10.1 Å². The van der Waals surface area contributed by atoms with Crippen LogP contribution in [0.4, 0.5) is 5.88 Å². The monoisotopic (exact) mass is 256 g/mol. The number of furan rings is 1. The van der Waals surface area contributed by atoms with Crippen molar-refractivity contribution in [3.05, 3.63) is 28.0 Å². The maximum atomic E-state index is 10.4. The fourth-order valence-electron chi connectivity index (χ4n) is 1.34. The number of nitrogens with zero attached hydrogens (tertiary/aromatic N) is 1. The molecule has 0 saturated heterocycles. The van der Waals surface area contributed by atoms with Crippen LogP contribution in [0.1, 0.15) is 26.0 Å². The lowest BCUT2D eigenvalue weighted by Crippen LogP contribution is -2.19. The maximum Gasteiger partial charge on any atom is 0.433 e. The normalized spacial score (nSPS) is 11.1. The fraction of sp³-hybridized carbons (Fsp3) is 0.667. The molecule has 0 bridgehead atoms. The quantitative estimate of drug-likeness (QED) is 0.417. The van der Waals surface area contributed by atoms with Gasteiger partial charge in [0.2, 0.25) is 0 Å². The van der Waals surface area contributed by atoms with E-state index in [9.17, 15) is 10.1 Å². The summed E-state index contributed by atoms with van der Waals surface area (Å²) in [6.45, 7) is 6.89. The van der Waals surface area contributed by atoms with Crippen LogP contribution in [0.15, 0.2) is 16.5 Å². The minimum atomic E-state index is -0.543. The molecule has 102 valence electrons. The summed E-state index contributed by atoms with van der Waals surface area (Å²) in [6, 6.07) is 2.96. The van der Waals surface area contributed by atoms with Gasteiger partial charge in [0.05, 0.1) is 19.2 Å². The van der Waals surface area contributed by atoms with E-state index in [4.69, 9.17) is 9.15 Å². The molecule has 1 heterocycles. The van der Waals surface area contributed by atoms with Gasteiger partial charge in [0.1, 0.15) is 10.7 Å². The predicted molar refractivity (Wildman–Crippen MR) is 67.3 cm³/mol. The average molecular weight is 256 g/mol. The van der Waals surface area contributed by atoms with Gasteiger partial charge in [-0.25, -0.2) is 0 Å². The molecule has 6 heteroatoms. The Kier molecular flexibility index (Phi) is 6.38.